The number of hydrogen-bond donors (Lipinski definition) is 1. The van der Waals surface area contributed by atoms with Crippen molar-refractivity contribution in [2.24, 2.45) is 5.73 Å². The summed E-state index contributed by atoms with van der Waals surface area (Å²) in [5.41, 5.74) is 10.0. The van der Waals surface area contributed by atoms with Crippen molar-refractivity contribution in [2.45, 2.75) is 52.2 Å². The molecule has 112 valence electrons. The second kappa shape index (κ2) is 7.09. The van der Waals surface area contributed by atoms with Crippen molar-refractivity contribution in [3.63, 3.8) is 0 Å². The van der Waals surface area contributed by atoms with Crippen LogP contribution >= 0.6 is 0 Å². The van der Waals surface area contributed by atoms with Crippen molar-refractivity contribution in [2.75, 3.05) is 24.6 Å². The Labute approximate surface area is 123 Å². The fraction of sp³-hybridized carbons (Fsp3) is 0.647. The van der Waals surface area contributed by atoms with Crippen molar-refractivity contribution >= 4 is 5.69 Å². The molecule has 2 unspecified atom stereocenters. The molecule has 2 N–H and O–H groups in total. The van der Waals surface area contributed by atoms with E-state index in [4.69, 9.17) is 10.5 Å². The molecule has 0 bridgehead atoms. The Morgan fingerprint density at radius 3 is 2.95 bits per heavy atom. The molecule has 0 aliphatic carbocycles. The zero-order chi connectivity index (χ0) is 14.5. The lowest BCUT2D eigenvalue weighted by Crippen LogP contribution is -2.40. The van der Waals surface area contributed by atoms with E-state index in [2.05, 4.69) is 43.9 Å². The molecule has 2 rings (SSSR count). The summed E-state index contributed by atoms with van der Waals surface area (Å²) >= 11 is 0. The van der Waals surface area contributed by atoms with E-state index in [1.54, 1.807) is 0 Å². The van der Waals surface area contributed by atoms with Crippen molar-refractivity contribution in [3.8, 4) is 0 Å². The Morgan fingerprint density at radius 1 is 1.45 bits per heavy atom. The normalized spacial score (nSPS) is 21.0. The lowest BCUT2D eigenvalue weighted by molar-refractivity contribution is 0.0526. The van der Waals surface area contributed by atoms with Crippen LogP contribution in [0.25, 0.3) is 0 Å². The molecule has 3 heteroatoms. The SMILES string of the molecule is CCOC1CCCN(c2ccc(C)cc2CC(C)N)C1. The summed E-state index contributed by atoms with van der Waals surface area (Å²) in [6, 6.07) is 6.93. The van der Waals surface area contributed by atoms with Gasteiger partial charge in [0.1, 0.15) is 0 Å². The summed E-state index contributed by atoms with van der Waals surface area (Å²) in [5, 5.41) is 0. The monoisotopic (exact) mass is 276 g/mol. The molecular weight excluding hydrogens is 248 g/mol. The van der Waals surface area contributed by atoms with E-state index in [-0.39, 0.29) is 6.04 Å². The van der Waals surface area contributed by atoms with Gasteiger partial charge in [-0.2, -0.15) is 0 Å². The van der Waals surface area contributed by atoms with Crippen LogP contribution in [0.4, 0.5) is 5.69 Å². The Kier molecular flexibility index (Phi) is 5.44. The predicted molar refractivity (Wildman–Crippen MR) is 85.4 cm³/mol. The van der Waals surface area contributed by atoms with E-state index in [0.717, 1.165) is 26.1 Å². The van der Waals surface area contributed by atoms with Gasteiger partial charge in [0.05, 0.1) is 6.10 Å². The lowest BCUT2D eigenvalue weighted by atomic mass is 10.00. The van der Waals surface area contributed by atoms with Crippen molar-refractivity contribution in [3.05, 3.63) is 29.3 Å². The number of rotatable bonds is 5. The summed E-state index contributed by atoms with van der Waals surface area (Å²) in [6.45, 7) is 9.23. The van der Waals surface area contributed by atoms with E-state index in [0.29, 0.717) is 6.10 Å². The third kappa shape index (κ3) is 3.97. The quantitative estimate of drug-likeness (QED) is 0.898. The molecule has 1 aromatic carbocycles. The van der Waals surface area contributed by atoms with Crippen LogP contribution in [-0.4, -0.2) is 31.8 Å². The van der Waals surface area contributed by atoms with Gasteiger partial charge in [-0.05, 0) is 51.7 Å². The van der Waals surface area contributed by atoms with Gasteiger partial charge in [-0.3, -0.25) is 0 Å². The molecule has 0 saturated carbocycles. The first kappa shape index (κ1) is 15.3. The maximum Gasteiger partial charge on any atom is 0.0750 e. The average molecular weight is 276 g/mol. The fourth-order valence-corrected chi connectivity index (χ4v) is 3.06. The summed E-state index contributed by atoms with van der Waals surface area (Å²) in [7, 11) is 0. The highest BCUT2D eigenvalue weighted by Crippen LogP contribution is 2.27. The molecule has 1 aliphatic rings. The molecule has 0 spiro atoms. The molecule has 1 aromatic rings. The molecule has 2 atom stereocenters. The van der Waals surface area contributed by atoms with Gasteiger partial charge in [0.25, 0.3) is 0 Å². The van der Waals surface area contributed by atoms with Crippen molar-refractivity contribution in [1.82, 2.24) is 0 Å². The predicted octanol–water partition coefficient (Wildman–Crippen LogP) is 2.89. The minimum atomic E-state index is 0.197. The van der Waals surface area contributed by atoms with Crippen LogP contribution in [0.15, 0.2) is 18.2 Å². The number of piperidine rings is 1. The zero-order valence-electron chi connectivity index (χ0n) is 13.1. The van der Waals surface area contributed by atoms with Gasteiger partial charge >= 0.3 is 0 Å². The van der Waals surface area contributed by atoms with Gasteiger partial charge in [-0.25, -0.2) is 0 Å². The first-order valence-corrected chi connectivity index (χ1v) is 7.81. The Hall–Kier alpha value is -1.06. The van der Waals surface area contributed by atoms with Gasteiger partial charge < -0.3 is 15.4 Å². The third-order valence-corrected chi connectivity index (χ3v) is 3.90. The van der Waals surface area contributed by atoms with Crippen molar-refractivity contribution < 1.29 is 4.74 Å². The van der Waals surface area contributed by atoms with Crippen LogP contribution in [0.2, 0.25) is 0 Å². The highest BCUT2D eigenvalue weighted by Gasteiger charge is 2.22. The van der Waals surface area contributed by atoms with Crippen LogP contribution < -0.4 is 10.6 Å². The van der Waals surface area contributed by atoms with Gasteiger partial charge in [0.15, 0.2) is 0 Å². The Morgan fingerprint density at radius 2 is 2.25 bits per heavy atom. The Bertz CT molecular complexity index is 429. The smallest absolute Gasteiger partial charge is 0.0750 e. The van der Waals surface area contributed by atoms with E-state index in [1.807, 2.05) is 0 Å². The lowest BCUT2D eigenvalue weighted by Gasteiger charge is -2.35. The van der Waals surface area contributed by atoms with Crippen molar-refractivity contribution in [1.29, 1.82) is 0 Å². The van der Waals surface area contributed by atoms with E-state index in [9.17, 15) is 0 Å². The number of benzene rings is 1. The zero-order valence-corrected chi connectivity index (χ0v) is 13.1. The number of nitrogens with zero attached hydrogens (tertiary/aromatic N) is 1. The molecule has 20 heavy (non-hydrogen) atoms. The molecule has 1 saturated heterocycles. The minimum Gasteiger partial charge on any atom is -0.377 e. The third-order valence-electron chi connectivity index (χ3n) is 3.90. The summed E-state index contributed by atoms with van der Waals surface area (Å²) < 4.78 is 5.81. The standard InChI is InChI=1S/C17H28N2O/c1-4-20-16-6-5-9-19(12-16)17-8-7-13(2)10-15(17)11-14(3)18/h7-8,10,14,16H,4-6,9,11-12,18H2,1-3H3. The molecule has 0 amide bonds. The van der Waals surface area contributed by atoms with Crippen LogP contribution in [0.5, 0.6) is 0 Å². The number of ether oxygens (including phenoxy) is 1. The summed E-state index contributed by atoms with van der Waals surface area (Å²) in [6.07, 6.45) is 3.69. The molecular formula is C17H28N2O. The first-order chi connectivity index (χ1) is 9.60. The van der Waals surface area contributed by atoms with Crippen LogP contribution in [0, 0.1) is 6.92 Å². The molecule has 3 nitrogen and oxygen atoms in total. The summed E-state index contributed by atoms with van der Waals surface area (Å²) in [5.74, 6) is 0. The van der Waals surface area contributed by atoms with E-state index >= 15 is 0 Å². The molecule has 1 aliphatic heterocycles. The highest BCUT2D eigenvalue weighted by atomic mass is 16.5. The second-order valence-electron chi connectivity index (χ2n) is 5.98. The van der Waals surface area contributed by atoms with Gasteiger partial charge in [0.2, 0.25) is 0 Å². The summed E-state index contributed by atoms with van der Waals surface area (Å²) in [4.78, 5) is 2.47. The second-order valence-corrected chi connectivity index (χ2v) is 5.98. The molecule has 1 heterocycles. The van der Waals surface area contributed by atoms with E-state index < -0.39 is 0 Å². The van der Waals surface area contributed by atoms with Crippen LogP contribution in [-0.2, 0) is 11.2 Å². The molecule has 0 radical (unpaired) electrons. The Balaban J connectivity index is 2.18. The molecule has 1 fully saturated rings. The highest BCUT2D eigenvalue weighted by molar-refractivity contribution is 5.55. The first-order valence-electron chi connectivity index (χ1n) is 7.81. The maximum atomic E-state index is 6.00. The fourth-order valence-electron chi connectivity index (χ4n) is 3.06. The van der Waals surface area contributed by atoms with Crippen LogP contribution in [0.1, 0.15) is 37.8 Å². The number of aryl methyl sites for hydroxylation is 1. The number of hydrogen-bond acceptors (Lipinski definition) is 3. The minimum absolute atomic E-state index is 0.197. The topological polar surface area (TPSA) is 38.5 Å². The average Bonchev–Trinajstić information content (AvgIpc) is 2.39. The van der Waals surface area contributed by atoms with Crippen LogP contribution in [0.3, 0.4) is 0 Å². The number of nitrogens with two attached hydrogens (primary N) is 1. The largest absolute Gasteiger partial charge is 0.377 e. The van der Waals surface area contributed by atoms with Gasteiger partial charge in [-0.15, -0.1) is 0 Å². The van der Waals surface area contributed by atoms with Gasteiger partial charge in [-0.1, -0.05) is 17.7 Å². The maximum absolute atomic E-state index is 6.00. The molecule has 0 aromatic heterocycles. The van der Waals surface area contributed by atoms with E-state index in [1.165, 1.54) is 29.7 Å². The van der Waals surface area contributed by atoms with Gasteiger partial charge in [0, 0.05) is 31.4 Å². The number of anilines is 1.